The number of nitro groups is 1. The highest BCUT2D eigenvalue weighted by Gasteiger charge is 2.23. The van der Waals surface area contributed by atoms with Crippen LogP contribution in [0.5, 0.6) is 0 Å². The summed E-state index contributed by atoms with van der Waals surface area (Å²) in [7, 11) is 0. The molecule has 152 valence electrons. The number of hydrogen-bond acceptors (Lipinski definition) is 8. The van der Waals surface area contributed by atoms with Crippen LogP contribution in [-0.2, 0) is 9.53 Å². The van der Waals surface area contributed by atoms with Gasteiger partial charge in [-0.05, 0) is 25.1 Å². The Labute approximate surface area is 175 Å². The lowest BCUT2D eigenvalue weighted by Crippen LogP contribution is -2.19. The highest BCUT2D eigenvalue weighted by molar-refractivity contribution is 6.33. The van der Waals surface area contributed by atoms with E-state index in [-0.39, 0.29) is 33.0 Å². The monoisotopic (exact) mass is 427 g/mol. The van der Waals surface area contributed by atoms with E-state index in [1.54, 1.807) is 6.07 Å². The highest BCUT2D eigenvalue weighted by atomic mass is 35.5. The Morgan fingerprint density at radius 2 is 1.83 bits per heavy atom. The zero-order valence-electron chi connectivity index (χ0n) is 15.5. The molecule has 2 rings (SSSR count). The largest absolute Gasteiger partial charge is 0.454 e. The first-order chi connectivity index (χ1) is 14.2. The SMILES string of the molecule is C/C(N)=C(/C#N)C(=O)COC(=O)c1ccccc1C(=O)c1ccc(Cl)c([N+](=O)[O-])c1. The maximum Gasteiger partial charge on any atom is 0.339 e. The molecule has 0 radical (unpaired) electrons. The standard InChI is InChI=1S/C20H14ClN3O6/c1-11(23)15(9-22)18(25)10-30-20(27)14-5-3-2-4-13(14)19(26)12-6-7-16(21)17(8-12)24(28)29/h2-8H,10,23H2,1H3/b15-11+. The quantitative estimate of drug-likeness (QED) is 0.176. The van der Waals surface area contributed by atoms with Crippen molar-refractivity contribution < 1.29 is 24.0 Å². The summed E-state index contributed by atoms with van der Waals surface area (Å²) in [5.41, 5.74) is 4.33. The van der Waals surface area contributed by atoms with Gasteiger partial charge in [0.25, 0.3) is 5.69 Å². The van der Waals surface area contributed by atoms with E-state index in [0.29, 0.717) is 0 Å². The van der Waals surface area contributed by atoms with Crippen LogP contribution in [0.2, 0.25) is 5.02 Å². The molecule has 0 aliphatic heterocycles. The van der Waals surface area contributed by atoms with Gasteiger partial charge in [-0.1, -0.05) is 29.8 Å². The zero-order chi connectivity index (χ0) is 22.4. The summed E-state index contributed by atoms with van der Waals surface area (Å²) < 4.78 is 4.92. The third kappa shape index (κ3) is 4.87. The molecule has 0 heterocycles. The fraction of sp³-hybridized carbons (Fsp3) is 0.100. The lowest BCUT2D eigenvalue weighted by Gasteiger charge is -2.09. The minimum Gasteiger partial charge on any atom is -0.454 e. The van der Waals surface area contributed by atoms with Gasteiger partial charge in [0.15, 0.2) is 12.4 Å². The molecule has 0 aliphatic carbocycles. The Morgan fingerprint density at radius 1 is 1.20 bits per heavy atom. The third-order valence-corrected chi connectivity index (χ3v) is 4.24. The summed E-state index contributed by atoms with van der Waals surface area (Å²) in [6, 6.07) is 10.7. The van der Waals surface area contributed by atoms with Gasteiger partial charge in [0, 0.05) is 22.9 Å². The van der Waals surface area contributed by atoms with Crippen LogP contribution in [0.1, 0.15) is 33.2 Å². The average molecular weight is 428 g/mol. The zero-order valence-corrected chi connectivity index (χ0v) is 16.3. The number of carbonyl (C=O) groups is 3. The molecule has 0 unspecified atom stereocenters. The number of Topliss-reactive ketones (excluding diaryl/α,β-unsaturated/α-hetero) is 1. The predicted octanol–water partition coefficient (Wildman–Crippen LogP) is 2.96. The van der Waals surface area contributed by atoms with Crippen molar-refractivity contribution in [2.24, 2.45) is 5.73 Å². The van der Waals surface area contributed by atoms with Crippen molar-refractivity contribution in [1.82, 2.24) is 0 Å². The molecule has 0 spiro atoms. The van der Waals surface area contributed by atoms with Gasteiger partial charge in [0.2, 0.25) is 5.78 Å². The van der Waals surface area contributed by atoms with Gasteiger partial charge in [-0.2, -0.15) is 5.26 Å². The van der Waals surface area contributed by atoms with E-state index in [1.165, 1.54) is 43.3 Å². The van der Waals surface area contributed by atoms with Crippen LogP contribution in [0.25, 0.3) is 0 Å². The highest BCUT2D eigenvalue weighted by Crippen LogP contribution is 2.27. The number of nitrogens with zero attached hydrogens (tertiary/aromatic N) is 2. The van der Waals surface area contributed by atoms with Crippen molar-refractivity contribution in [3.63, 3.8) is 0 Å². The van der Waals surface area contributed by atoms with Crippen LogP contribution in [-0.4, -0.2) is 29.1 Å². The maximum atomic E-state index is 12.8. The van der Waals surface area contributed by atoms with Gasteiger partial charge in [-0.25, -0.2) is 4.79 Å². The van der Waals surface area contributed by atoms with Crippen molar-refractivity contribution in [3.8, 4) is 6.07 Å². The van der Waals surface area contributed by atoms with Crippen molar-refractivity contribution in [3.05, 3.63) is 85.6 Å². The predicted molar refractivity (Wildman–Crippen MR) is 106 cm³/mol. The van der Waals surface area contributed by atoms with Gasteiger partial charge < -0.3 is 10.5 Å². The molecule has 2 N–H and O–H groups in total. The molecule has 0 amide bonds. The summed E-state index contributed by atoms with van der Waals surface area (Å²) in [6.45, 7) is 0.614. The van der Waals surface area contributed by atoms with E-state index < -0.39 is 34.8 Å². The normalized spacial score (nSPS) is 11.1. The molecule has 0 atom stereocenters. The second-order valence-electron chi connectivity index (χ2n) is 5.97. The first kappa shape index (κ1) is 22.3. The molecular formula is C20H14ClN3O6. The molecule has 0 saturated heterocycles. The first-order valence-electron chi connectivity index (χ1n) is 8.31. The van der Waals surface area contributed by atoms with Gasteiger partial charge in [0.05, 0.1) is 10.5 Å². The lowest BCUT2D eigenvalue weighted by molar-refractivity contribution is -0.384. The van der Waals surface area contributed by atoms with E-state index in [0.717, 1.165) is 6.07 Å². The van der Waals surface area contributed by atoms with Crippen LogP contribution >= 0.6 is 11.6 Å². The fourth-order valence-electron chi connectivity index (χ4n) is 2.46. The Balaban J connectivity index is 2.31. The summed E-state index contributed by atoms with van der Waals surface area (Å²) in [6.07, 6.45) is 0. The van der Waals surface area contributed by atoms with Crippen LogP contribution in [0.4, 0.5) is 5.69 Å². The minimum absolute atomic E-state index is 0.0153. The molecule has 0 saturated carbocycles. The molecular weight excluding hydrogens is 414 g/mol. The molecule has 2 aromatic rings. The second-order valence-corrected chi connectivity index (χ2v) is 6.37. The molecule has 2 aromatic carbocycles. The molecule has 9 nitrogen and oxygen atoms in total. The Morgan fingerprint density at radius 3 is 2.40 bits per heavy atom. The summed E-state index contributed by atoms with van der Waals surface area (Å²) in [4.78, 5) is 47.5. The van der Waals surface area contributed by atoms with Gasteiger partial charge >= 0.3 is 5.97 Å². The lowest BCUT2D eigenvalue weighted by atomic mass is 9.98. The number of ketones is 2. The number of esters is 1. The second kappa shape index (κ2) is 9.45. The molecule has 0 bridgehead atoms. The number of nitro benzene ring substituents is 1. The number of carbonyl (C=O) groups excluding carboxylic acids is 3. The van der Waals surface area contributed by atoms with E-state index in [1.807, 2.05) is 0 Å². The molecule has 30 heavy (non-hydrogen) atoms. The molecule has 0 aliphatic rings. The molecule has 0 aromatic heterocycles. The topological polar surface area (TPSA) is 153 Å². The number of ether oxygens (including phenoxy) is 1. The van der Waals surface area contributed by atoms with E-state index in [9.17, 15) is 24.5 Å². The van der Waals surface area contributed by atoms with Gasteiger partial charge in [-0.15, -0.1) is 0 Å². The van der Waals surface area contributed by atoms with E-state index in [4.69, 9.17) is 27.3 Å². The van der Waals surface area contributed by atoms with Crippen molar-refractivity contribution >= 4 is 34.8 Å². The van der Waals surface area contributed by atoms with Crippen molar-refractivity contribution in [2.45, 2.75) is 6.92 Å². The van der Waals surface area contributed by atoms with E-state index >= 15 is 0 Å². The summed E-state index contributed by atoms with van der Waals surface area (Å²) >= 11 is 5.76. The maximum absolute atomic E-state index is 12.8. The Kier molecular flexibility index (Phi) is 7.01. The van der Waals surface area contributed by atoms with Crippen LogP contribution in [0.15, 0.2) is 53.7 Å². The van der Waals surface area contributed by atoms with E-state index in [2.05, 4.69) is 0 Å². The number of halogens is 1. The molecule has 10 heteroatoms. The third-order valence-electron chi connectivity index (χ3n) is 3.92. The number of hydrogen-bond donors (Lipinski definition) is 1. The van der Waals surface area contributed by atoms with Gasteiger partial charge in [0.1, 0.15) is 16.7 Å². The van der Waals surface area contributed by atoms with Crippen molar-refractivity contribution in [2.75, 3.05) is 6.61 Å². The van der Waals surface area contributed by atoms with Crippen LogP contribution in [0.3, 0.4) is 0 Å². The molecule has 0 fully saturated rings. The number of allylic oxidation sites excluding steroid dienone is 1. The first-order valence-corrected chi connectivity index (χ1v) is 8.69. The smallest absolute Gasteiger partial charge is 0.339 e. The Bertz CT molecular complexity index is 1130. The number of benzene rings is 2. The minimum atomic E-state index is -0.984. The van der Waals surface area contributed by atoms with Crippen molar-refractivity contribution in [1.29, 1.82) is 5.26 Å². The Hall–Kier alpha value is -4.03. The van der Waals surface area contributed by atoms with Crippen LogP contribution in [0, 0.1) is 21.4 Å². The summed E-state index contributed by atoms with van der Waals surface area (Å²) in [5, 5.41) is 19.8. The number of nitriles is 1. The number of nitrogens with two attached hydrogens (primary N) is 1. The van der Waals surface area contributed by atoms with Crippen LogP contribution < -0.4 is 5.73 Å². The summed E-state index contributed by atoms with van der Waals surface area (Å²) in [5.74, 6) is -2.45. The van der Waals surface area contributed by atoms with Gasteiger partial charge in [-0.3, -0.25) is 19.7 Å². The average Bonchev–Trinajstić information content (AvgIpc) is 2.71. The number of rotatable bonds is 7. The fourth-order valence-corrected chi connectivity index (χ4v) is 2.65.